The molecule has 0 saturated carbocycles. The molecule has 0 bridgehead atoms. The average molecular weight is 294 g/mol. The van der Waals surface area contributed by atoms with Crippen LogP contribution in [0, 0.1) is 0 Å². The van der Waals surface area contributed by atoms with E-state index < -0.39 is 0 Å². The van der Waals surface area contributed by atoms with Gasteiger partial charge in [0.2, 0.25) is 0 Å². The first-order valence-electron chi connectivity index (χ1n) is 7.58. The number of nitrogens with one attached hydrogen (secondary N) is 1. The summed E-state index contributed by atoms with van der Waals surface area (Å²) in [5, 5.41) is 0. The fourth-order valence-corrected chi connectivity index (χ4v) is 2.93. The van der Waals surface area contributed by atoms with Gasteiger partial charge in [0.15, 0.2) is 5.82 Å². The highest BCUT2D eigenvalue weighted by Gasteiger charge is 2.14. The van der Waals surface area contributed by atoms with E-state index in [4.69, 9.17) is 4.74 Å². The Morgan fingerprint density at radius 3 is 2.73 bits per heavy atom. The van der Waals surface area contributed by atoms with Gasteiger partial charge < -0.3 is 14.6 Å². The third-order valence-corrected chi connectivity index (χ3v) is 4.15. The molecule has 0 atom stereocenters. The molecular formula is C17H18N4O. The second-order valence-corrected chi connectivity index (χ2v) is 5.56. The van der Waals surface area contributed by atoms with Crippen molar-refractivity contribution in [2.75, 3.05) is 25.1 Å². The number of ether oxygens (including phenoxy) is 1. The van der Waals surface area contributed by atoms with Crippen LogP contribution in [0.25, 0.3) is 22.6 Å². The van der Waals surface area contributed by atoms with E-state index in [1.165, 1.54) is 18.5 Å². The Kier molecular flexibility index (Phi) is 3.18. The van der Waals surface area contributed by atoms with Gasteiger partial charge in [0, 0.05) is 18.8 Å². The lowest BCUT2D eigenvalue weighted by Crippen LogP contribution is -2.17. The number of aromatic amines is 1. The average Bonchev–Trinajstić information content (AvgIpc) is 3.23. The van der Waals surface area contributed by atoms with E-state index >= 15 is 0 Å². The largest absolute Gasteiger partial charge is 0.495 e. The normalized spacial score (nSPS) is 14.7. The van der Waals surface area contributed by atoms with Crippen molar-refractivity contribution in [1.82, 2.24) is 15.0 Å². The van der Waals surface area contributed by atoms with Crippen LogP contribution in [0.4, 0.5) is 5.69 Å². The number of nitrogens with zero attached hydrogens (tertiary/aromatic N) is 3. The standard InChI is InChI=1S/C17H18N4O/c1-22-13-5-7-15(18-11-13)17-19-14-6-4-12(10-16(14)20-17)21-8-2-3-9-21/h4-7,10-11H,2-3,8-9H2,1H3,(H,19,20). The van der Waals surface area contributed by atoms with Gasteiger partial charge in [0.05, 0.1) is 24.3 Å². The molecule has 0 aliphatic carbocycles. The molecule has 0 unspecified atom stereocenters. The van der Waals surface area contributed by atoms with Crippen molar-refractivity contribution in [2.24, 2.45) is 0 Å². The van der Waals surface area contributed by atoms with Crippen LogP contribution < -0.4 is 9.64 Å². The first-order valence-corrected chi connectivity index (χ1v) is 7.58. The molecule has 3 aromatic rings. The lowest BCUT2D eigenvalue weighted by molar-refractivity contribution is 0.413. The number of H-pyrrole nitrogens is 1. The summed E-state index contributed by atoms with van der Waals surface area (Å²) < 4.78 is 5.14. The highest BCUT2D eigenvalue weighted by atomic mass is 16.5. The Morgan fingerprint density at radius 1 is 1.14 bits per heavy atom. The molecule has 2 aromatic heterocycles. The van der Waals surface area contributed by atoms with Crippen LogP contribution in [0.3, 0.4) is 0 Å². The van der Waals surface area contributed by atoms with Crippen molar-refractivity contribution in [3.8, 4) is 17.3 Å². The van der Waals surface area contributed by atoms with Crippen molar-refractivity contribution in [1.29, 1.82) is 0 Å². The van der Waals surface area contributed by atoms with E-state index in [1.807, 2.05) is 12.1 Å². The summed E-state index contributed by atoms with van der Waals surface area (Å²) in [6.45, 7) is 2.29. The van der Waals surface area contributed by atoms with E-state index in [9.17, 15) is 0 Å². The lowest BCUT2D eigenvalue weighted by atomic mass is 10.2. The van der Waals surface area contributed by atoms with E-state index in [0.29, 0.717) is 0 Å². The lowest BCUT2D eigenvalue weighted by Gasteiger charge is -2.17. The zero-order chi connectivity index (χ0) is 14.9. The topological polar surface area (TPSA) is 54.0 Å². The molecule has 0 spiro atoms. The summed E-state index contributed by atoms with van der Waals surface area (Å²) in [6, 6.07) is 10.2. The quantitative estimate of drug-likeness (QED) is 0.805. The van der Waals surface area contributed by atoms with Crippen molar-refractivity contribution >= 4 is 16.7 Å². The minimum absolute atomic E-state index is 0.746. The van der Waals surface area contributed by atoms with Crippen LogP contribution in [0.15, 0.2) is 36.5 Å². The number of benzene rings is 1. The number of hydrogen-bond acceptors (Lipinski definition) is 4. The molecular weight excluding hydrogens is 276 g/mol. The number of hydrogen-bond donors (Lipinski definition) is 1. The molecule has 1 saturated heterocycles. The number of anilines is 1. The van der Waals surface area contributed by atoms with Crippen LogP contribution in [0.5, 0.6) is 5.75 Å². The smallest absolute Gasteiger partial charge is 0.157 e. The molecule has 1 aliphatic heterocycles. The third kappa shape index (κ3) is 2.28. The van der Waals surface area contributed by atoms with Crippen molar-refractivity contribution < 1.29 is 4.74 Å². The van der Waals surface area contributed by atoms with Crippen LogP contribution in [-0.2, 0) is 0 Å². The highest BCUT2D eigenvalue weighted by Crippen LogP contribution is 2.26. The molecule has 0 amide bonds. The minimum atomic E-state index is 0.746. The van der Waals surface area contributed by atoms with Gasteiger partial charge >= 0.3 is 0 Å². The molecule has 5 heteroatoms. The predicted molar refractivity (Wildman–Crippen MR) is 87.3 cm³/mol. The maximum Gasteiger partial charge on any atom is 0.157 e. The second-order valence-electron chi connectivity index (χ2n) is 5.56. The van der Waals surface area contributed by atoms with E-state index in [2.05, 4.69) is 38.1 Å². The second kappa shape index (κ2) is 5.33. The Balaban J connectivity index is 1.70. The van der Waals surface area contributed by atoms with E-state index in [1.54, 1.807) is 13.3 Å². The van der Waals surface area contributed by atoms with Gasteiger partial charge in [-0.05, 0) is 43.2 Å². The molecule has 0 radical (unpaired) electrons. The summed E-state index contributed by atoms with van der Waals surface area (Å²) in [6.07, 6.45) is 4.27. The number of imidazole rings is 1. The van der Waals surface area contributed by atoms with E-state index in [-0.39, 0.29) is 0 Å². The molecule has 5 nitrogen and oxygen atoms in total. The summed E-state index contributed by atoms with van der Waals surface area (Å²) in [5.74, 6) is 1.53. The fraction of sp³-hybridized carbons (Fsp3) is 0.294. The fourth-order valence-electron chi connectivity index (χ4n) is 2.93. The number of aromatic nitrogens is 3. The molecule has 3 heterocycles. The number of fused-ring (bicyclic) bond motifs is 1. The van der Waals surface area contributed by atoms with Gasteiger partial charge in [-0.1, -0.05) is 0 Å². The Labute approximate surface area is 129 Å². The van der Waals surface area contributed by atoms with Gasteiger partial charge in [-0.15, -0.1) is 0 Å². The monoisotopic (exact) mass is 294 g/mol. The first-order chi connectivity index (χ1) is 10.8. The number of methoxy groups -OCH3 is 1. The molecule has 112 valence electrons. The molecule has 1 aliphatic rings. The summed E-state index contributed by atoms with van der Waals surface area (Å²) in [7, 11) is 1.64. The molecule has 1 N–H and O–H groups in total. The summed E-state index contributed by atoms with van der Waals surface area (Å²) >= 11 is 0. The van der Waals surface area contributed by atoms with Crippen molar-refractivity contribution in [3.05, 3.63) is 36.5 Å². The van der Waals surface area contributed by atoms with E-state index in [0.717, 1.165) is 41.4 Å². The maximum atomic E-state index is 5.14. The Hall–Kier alpha value is -2.56. The Morgan fingerprint density at radius 2 is 2.00 bits per heavy atom. The van der Waals surface area contributed by atoms with Crippen molar-refractivity contribution in [2.45, 2.75) is 12.8 Å². The number of pyridine rings is 1. The maximum absolute atomic E-state index is 5.14. The predicted octanol–water partition coefficient (Wildman–Crippen LogP) is 3.23. The Bertz CT molecular complexity index is 788. The highest BCUT2D eigenvalue weighted by molar-refractivity contribution is 5.82. The zero-order valence-electron chi connectivity index (χ0n) is 12.5. The summed E-state index contributed by atoms with van der Waals surface area (Å²) in [5.41, 5.74) is 4.11. The van der Waals surface area contributed by atoms with Crippen LogP contribution in [0.2, 0.25) is 0 Å². The van der Waals surface area contributed by atoms with Gasteiger partial charge in [0.25, 0.3) is 0 Å². The third-order valence-electron chi connectivity index (χ3n) is 4.15. The van der Waals surface area contributed by atoms with Crippen LogP contribution in [-0.4, -0.2) is 35.2 Å². The molecule has 1 aromatic carbocycles. The molecule has 4 rings (SSSR count). The van der Waals surface area contributed by atoms with Crippen molar-refractivity contribution in [3.63, 3.8) is 0 Å². The first kappa shape index (κ1) is 13.1. The minimum Gasteiger partial charge on any atom is -0.495 e. The van der Waals surface area contributed by atoms with Gasteiger partial charge in [-0.25, -0.2) is 9.97 Å². The summed E-state index contributed by atoms with van der Waals surface area (Å²) in [4.78, 5) is 14.8. The van der Waals surface area contributed by atoms with Gasteiger partial charge in [-0.3, -0.25) is 0 Å². The number of rotatable bonds is 3. The zero-order valence-corrected chi connectivity index (χ0v) is 12.5. The SMILES string of the molecule is COc1ccc(-c2nc3ccc(N4CCCC4)cc3[nH]2)nc1. The molecule has 1 fully saturated rings. The van der Waals surface area contributed by atoms with Crippen LogP contribution in [0.1, 0.15) is 12.8 Å². The molecule has 22 heavy (non-hydrogen) atoms. The van der Waals surface area contributed by atoms with Gasteiger partial charge in [0.1, 0.15) is 11.4 Å². The van der Waals surface area contributed by atoms with Crippen LogP contribution >= 0.6 is 0 Å². The van der Waals surface area contributed by atoms with Gasteiger partial charge in [-0.2, -0.15) is 0 Å².